The molecule has 1 aromatic rings. The van der Waals surface area contributed by atoms with Gasteiger partial charge in [-0.05, 0) is 24.0 Å². The number of benzene rings is 1. The fraction of sp³-hybridized carbons (Fsp3) is 0.588. The van der Waals surface area contributed by atoms with E-state index < -0.39 is 17.2 Å². The van der Waals surface area contributed by atoms with Crippen LogP contribution in [0.4, 0.5) is 8.78 Å². The number of hydrogen-bond acceptors (Lipinski definition) is 3. The van der Waals surface area contributed by atoms with Crippen molar-refractivity contribution in [3.8, 4) is 0 Å². The number of hydrogen-bond donors (Lipinski definition) is 0. The van der Waals surface area contributed by atoms with Crippen LogP contribution in [-0.2, 0) is 14.3 Å². The maximum Gasteiger partial charge on any atom is 0.226 e. The monoisotopic (exact) mass is 325 g/mol. The molecule has 1 aliphatic carbocycles. The van der Waals surface area contributed by atoms with Crippen LogP contribution in [0.2, 0.25) is 0 Å². The summed E-state index contributed by atoms with van der Waals surface area (Å²) >= 11 is 0. The molecule has 2 fully saturated rings. The molecule has 1 unspecified atom stereocenters. The highest BCUT2D eigenvalue weighted by atomic mass is 19.2. The van der Waals surface area contributed by atoms with Crippen molar-refractivity contribution in [2.24, 2.45) is 5.92 Å². The van der Waals surface area contributed by atoms with Crippen LogP contribution in [0.15, 0.2) is 18.2 Å². The molecule has 126 valence electrons. The minimum absolute atomic E-state index is 0.0537. The highest BCUT2D eigenvalue weighted by molar-refractivity contribution is 5.83. The third-order valence-corrected chi connectivity index (χ3v) is 4.89. The second-order valence-corrected chi connectivity index (χ2v) is 6.48. The summed E-state index contributed by atoms with van der Waals surface area (Å²) in [6.45, 7) is 1.53. The van der Waals surface area contributed by atoms with Crippen molar-refractivity contribution >= 4 is 5.91 Å². The molecule has 0 aromatic heterocycles. The Labute approximate surface area is 134 Å². The molecule has 23 heavy (non-hydrogen) atoms. The molecule has 3 rings (SSSR count). The van der Waals surface area contributed by atoms with Crippen molar-refractivity contribution in [1.82, 2.24) is 4.90 Å². The first-order valence-corrected chi connectivity index (χ1v) is 7.79. The molecule has 3 atom stereocenters. The Hall–Kier alpha value is -1.53. The number of methoxy groups -OCH3 is 1. The van der Waals surface area contributed by atoms with Gasteiger partial charge in [0.05, 0.1) is 13.2 Å². The predicted molar refractivity (Wildman–Crippen MR) is 80.0 cm³/mol. The minimum atomic E-state index is -0.865. The van der Waals surface area contributed by atoms with E-state index in [-0.39, 0.29) is 17.7 Å². The lowest BCUT2D eigenvalue weighted by molar-refractivity contribution is -0.135. The van der Waals surface area contributed by atoms with Gasteiger partial charge in [0.2, 0.25) is 5.91 Å². The van der Waals surface area contributed by atoms with Crippen LogP contribution in [0.25, 0.3) is 0 Å². The quantitative estimate of drug-likeness (QED) is 0.834. The molecule has 1 aliphatic heterocycles. The molecule has 6 heteroatoms. The fourth-order valence-electron chi connectivity index (χ4n) is 3.35. The number of carbonyl (C=O) groups excluding carboxylic acids is 1. The van der Waals surface area contributed by atoms with E-state index >= 15 is 0 Å². The van der Waals surface area contributed by atoms with Crippen molar-refractivity contribution in [3.05, 3.63) is 35.4 Å². The topological polar surface area (TPSA) is 38.8 Å². The SMILES string of the molecule is COC1(CN(C)C(=O)[C@@H]2C[C@H]2c2cccc(F)c2F)CCOC1. The average molecular weight is 325 g/mol. The Morgan fingerprint density at radius 2 is 2.26 bits per heavy atom. The van der Waals surface area contributed by atoms with Gasteiger partial charge < -0.3 is 14.4 Å². The van der Waals surface area contributed by atoms with Crippen molar-refractivity contribution in [2.45, 2.75) is 24.4 Å². The fourth-order valence-corrected chi connectivity index (χ4v) is 3.35. The molecule has 1 amide bonds. The maximum atomic E-state index is 13.8. The summed E-state index contributed by atoms with van der Waals surface area (Å²) in [7, 11) is 3.34. The van der Waals surface area contributed by atoms with E-state index in [1.807, 2.05) is 0 Å². The van der Waals surface area contributed by atoms with Gasteiger partial charge in [-0.2, -0.15) is 0 Å². The van der Waals surface area contributed by atoms with Crippen LogP contribution in [0.5, 0.6) is 0 Å². The van der Waals surface area contributed by atoms with Crippen molar-refractivity contribution in [2.75, 3.05) is 33.9 Å². The minimum Gasteiger partial charge on any atom is -0.378 e. The van der Waals surface area contributed by atoms with E-state index in [2.05, 4.69) is 0 Å². The molecule has 1 saturated carbocycles. The number of ether oxygens (including phenoxy) is 2. The molecule has 0 radical (unpaired) electrons. The van der Waals surface area contributed by atoms with Crippen LogP contribution < -0.4 is 0 Å². The second-order valence-electron chi connectivity index (χ2n) is 6.48. The molecule has 0 bridgehead atoms. The smallest absolute Gasteiger partial charge is 0.226 e. The van der Waals surface area contributed by atoms with Crippen LogP contribution in [0.3, 0.4) is 0 Å². The zero-order valence-electron chi connectivity index (χ0n) is 13.4. The Morgan fingerprint density at radius 3 is 2.91 bits per heavy atom. The van der Waals surface area contributed by atoms with E-state index in [1.54, 1.807) is 25.1 Å². The summed E-state index contributed by atoms with van der Waals surface area (Å²) in [5.74, 6) is -2.28. The average Bonchev–Trinajstić information content (AvgIpc) is 3.20. The van der Waals surface area contributed by atoms with Gasteiger partial charge in [0, 0.05) is 33.1 Å². The van der Waals surface area contributed by atoms with Gasteiger partial charge in [-0.25, -0.2) is 8.78 Å². The van der Waals surface area contributed by atoms with E-state index in [9.17, 15) is 13.6 Å². The van der Waals surface area contributed by atoms with E-state index in [0.29, 0.717) is 31.7 Å². The lowest BCUT2D eigenvalue weighted by Gasteiger charge is -2.31. The Kier molecular flexibility index (Phi) is 4.38. The van der Waals surface area contributed by atoms with Gasteiger partial charge in [0.15, 0.2) is 11.6 Å². The van der Waals surface area contributed by atoms with Crippen LogP contribution >= 0.6 is 0 Å². The zero-order valence-corrected chi connectivity index (χ0v) is 13.4. The largest absolute Gasteiger partial charge is 0.378 e. The van der Waals surface area contributed by atoms with Crippen LogP contribution in [0, 0.1) is 17.6 Å². The van der Waals surface area contributed by atoms with E-state index in [4.69, 9.17) is 9.47 Å². The number of rotatable bonds is 5. The summed E-state index contributed by atoms with van der Waals surface area (Å²) in [4.78, 5) is 14.2. The lowest BCUT2D eigenvalue weighted by Crippen LogP contribution is -2.46. The number of halogens is 2. The molecule has 2 aliphatic rings. The first kappa shape index (κ1) is 16.3. The van der Waals surface area contributed by atoms with Gasteiger partial charge in [0.25, 0.3) is 0 Å². The van der Waals surface area contributed by atoms with Gasteiger partial charge in [-0.1, -0.05) is 12.1 Å². The summed E-state index contributed by atoms with van der Waals surface area (Å²) in [5.41, 5.74) is -0.166. The number of nitrogens with zero attached hydrogens (tertiary/aromatic N) is 1. The highest BCUT2D eigenvalue weighted by Gasteiger charge is 2.48. The Bertz CT molecular complexity index is 602. The summed E-state index contributed by atoms with van der Waals surface area (Å²) < 4.78 is 38.1. The molecule has 0 spiro atoms. The number of carbonyl (C=O) groups is 1. The molecule has 1 saturated heterocycles. The normalized spacial score (nSPS) is 29.6. The lowest BCUT2D eigenvalue weighted by atomic mass is 10.0. The molecule has 1 aromatic carbocycles. The standard InChI is InChI=1S/C17H21F2NO3/c1-20(9-17(22-2)6-7-23-10-17)16(21)13-8-12(13)11-4-3-5-14(18)15(11)19/h3-5,12-13H,6-10H2,1-2H3/t12-,13+,17?/m0/s1. The van der Waals surface area contributed by atoms with Crippen LogP contribution in [-0.4, -0.2) is 50.3 Å². The number of likely N-dealkylation sites (N-methyl/N-ethyl adjacent to an activating group) is 1. The third kappa shape index (κ3) is 3.10. The van der Waals surface area contributed by atoms with Crippen molar-refractivity contribution in [3.63, 3.8) is 0 Å². The van der Waals surface area contributed by atoms with Crippen LogP contribution in [0.1, 0.15) is 24.3 Å². The molecule has 1 heterocycles. The van der Waals surface area contributed by atoms with E-state index in [0.717, 1.165) is 12.5 Å². The second kappa shape index (κ2) is 6.17. The predicted octanol–water partition coefficient (Wildman–Crippen LogP) is 2.33. The Morgan fingerprint density at radius 1 is 1.48 bits per heavy atom. The van der Waals surface area contributed by atoms with Gasteiger partial charge in [0.1, 0.15) is 5.60 Å². The first-order chi connectivity index (χ1) is 11.0. The zero-order chi connectivity index (χ0) is 16.6. The maximum absolute atomic E-state index is 13.8. The third-order valence-electron chi connectivity index (χ3n) is 4.89. The highest BCUT2D eigenvalue weighted by Crippen LogP contribution is 2.49. The van der Waals surface area contributed by atoms with Gasteiger partial charge in [-0.15, -0.1) is 0 Å². The molecule has 4 nitrogen and oxygen atoms in total. The van der Waals surface area contributed by atoms with Crippen molar-refractivity contribution in [1.29, 1.82) is 0 Å². The molecular formula is C17H21F2NO3. The summed E-state index contributed by atoms with van der Waals surface area (Å²) in [6, 6.07) is 4.12. The summed E-state index contributed by atoms with van der Waals surface area (Å²) in [6.07, 6.45) is 1.30. The molecule has 0 N–H and O–H groups in total. The van der Waals surface area contributed by atoms with E-state index in [1.165, 1.54) is 6.07 Å². The summed E-state index contributed by atoms with van der Waals surface area (Å²) in [5, 5.41) is 0. The van der Waals surface area contributed by atoms with Crippen molar-refractivity contribution < 1.29 is 23.0 Å². The molecular weight excluding hydrogens is 304 g/mol. The first-order valence-electron chi connectivity index (χ1n) is 7.79. The number of amides is 1. The Balaban J connectivity index is 1.64. The van der Waals surface area contributed by atoms with Gasteiger partial charge >= 0.3 is 0 Å². The van der Waals surface area contributed by atoms with Gasteiger partial charge in [-0.3, -0.25) is 4.79 Å².